The van der Waals surface area contributed by atoms with Crippen molar-refractivity contribution < 1.29 is 28.9 Å². The normalized spacial score (nSPS) is 12.5. The molecule has 0 aliphatic carbocycles. The summed E-state index contributed by atoms with van der Waals surface area (Å²) in [4.78, 5) is 28.9. The Hall–Kier alpha value is -3.13. The number of carbonyl (C=O) groups is 2. The molecule has 8 heteroatoms. The molecule has 0 saturated heterocycles. The van der Waals surface area contributed by atoms with Gasteiger partial charge < -0.3 is 24.6 Å². The summed E-state index contributed by atoms with van der Waals surface area (Å²) in [6.45, 7) is 11.7. The standard InChI is InChI=1S/C20H32N2O6.C7H8/c1-7-11-27-14(8-2)12-13(3)28-19(25)20(4,5)22-18(24)16-17(23)15(26-6)9-10-21-16;1-7-5-3-2-4-6-7/h9-10,13-14,23H,7-8,11-12H2,1-6H3,(H,22,24);2-6H,1H3. The van der Waals surface area contributed by atoms with Gasteiger partial charge in [-0.1, -0.05) is 49.7 Å². The Balaban J connectivity index is 0.000000744. The average molecular weight is 489 g/mol. The summed E-state index contributed by atoms with van der Waals surface area (Å²) < 4.78 is 16.2. The van der Waals surface area contributed by atoms with E-state index in [2.05, 4.69) is 29.4 Å². The van der Waals surface area contributed by atoms with Crippen molar-refractivity contribution >= 4 is 11.9 Å². The third-order valence-electron chi connectivity index (χ3n) is 5.12. The van der Waals surface area contributed by atoms with Gasteiger partial charge in [-0.05, 0) is 40.5 Å². The lowest BCUT2D eigenvalue weighted by atomic mass is 10.0. The van der Waals surface area contributed by atoms with Gasteiger partial charge in [0.15, 0.2) is 17.2 Å². The van der Waals surface area contributed by atoms with Gasteiger partial charge in [-0.15, -0.1) is 0 Å². The van der Waals surface area contributed by atoms with Gasteiger partial charge in [-0.25, -0.2) is 9.78 Å². The highest BCUT2D eigenvalue weighted by Gasteiger charge is 2.34. The van der Waals surface area contributed by atoms with Crippen molar-refractivity contribution in [2.24, 2.45) is 0 Å². The van der Waals surface area contributed by atoms with Gasteiger partial charge in [0, 0.05) is 25.3 Å². The molecule has 0 aliphatic rings. The van der Waals surface area contributed by atoms with E-state index in [9.17, 15) is 14.7 Å². The highest BCUT2D eigenvalue weighted by atomic mass is 16.5. The predicted octanol–water partition coefficient (Wildman–Crippen LogP) is 4.83. The summed E-state index contributed by atoms with van der Waals surface area (Å²) in [5, 5.41) is 12.6. The van der Waals surface area contributed by atoms with E-state index in [4.69, 9.17) is 14.2 Å². The largest absolute Gasteiger partial charge is 0.503 e. The molecule has 194 valence electrons. The number of hydrogen-bond acceptors (Lipinski definition) is 7. The summed E-state index contributed by atoms with van der Waals surface area (Å²) in [6, 6.07) is 11.7. The molecule has 0 saturated carbocycles. The Kier molecular flexibility index (Phi) is 12.8. The van der Waals surface area contributed by atoms with Crippen molar-refractivity contribution in [1.29, 1.82) is 0 Å². The molecular weight excluding hydrogens is 448 g/mol. The first-order chi connectivity index (χ1) is 16.5. The van der Waals surface area contributed by atoms with Crippen LogP contribution in [0.25, 0.3) is 0 Å². The van der Waals surface area contributed by atoms with Gasteiger partial charge in [0.25, 0.3) is 5.91 Å². The highest BCUT2D eigenvalue weighted by Crippen LogP contribution is 2.27. The van der Waals surface area contributed by atoms with E-state index in [-0.39, 0.29) is 29.4 Å². The molecule has 2 aromatic rings. The van der Waals surface area contributed by atoms with Crippen molar-refractivity contribution in [2.75, 3.05) is 13.7 Å². The van der Waals surface area contributed by atoms with Gasteiger partial charge in [0.1, 0.15) is 11.6 Å². The molecule has 2 atom stereocenters. The number of aromatic hydroxyl groups is 1. The maximum Gasteiger partial charge on any atom is 0.331 e. The van der Waals surface area contributed by atoms with E-state index in [0.717, 1.165) is 12.8 Å². The number of nitrogens with zero attached hydrogens (tertiary/aromatic N) is 1. The Morgan fingerprint density at radius 2 is 1.80 bits per heavy atom. The second-order valence-corrected chi connectivity index (χ2v) is 8.80. The molecule has 0 bridgehead atoms. The number of methoxy groups -OCH3 is 1. The summed E-state index contributed by atoms with van der Waals surface area (Å²) in [5.74, 6) is -1.56. The van der Waals surface area contributed by atoms with Gasteiger partial charge in [0.2, 0.25) is 0 Å². The summed E-state index contributed by atoms with van der Waals surface area (Å²) in [7, 11) is 1.37. The number of carbonyl (C=O) groups excluding carboxylic acids is 2. The average Bonchev–Trinajstić information content (AvgIpc) is 2.82. The van der Waals surface area contributed by atoms with E-state index < -0.39 is 17.4 Å². The van der Waals surface area contributed by atoms with Gasteiger partial charge >= 0.3 is 5.97 Å². The number of pyridine rings is 1. The van der Waals surface area contributed by atoms with Crippen LogP contribution in [0.4, 0.5) is 0 Å². The van der Waals surface area contributed by atoms with Gasteiger partial charge in [-0.2, -0.15) is 0 Å². The van der Waals surface area contributed by atoms with Crippen LogP contribution in [-0.2, 0) is 14.3 Å². The lowest BCUT2D eigenvalue weighted by Gasteiger charge is -2.27. The number of ether oxygens (including phenoxy) is 3. The number of benzene rings is 1. The smallest absolute Gasteiger partial charge is 0.331 e. The molecule has 1 aromatic heterocycles. The minimum absolute atomic E-state index is 0.0124. The maximum absolute atomic E-state index is 12.5. The maximum atomic E-state index is 12.5. The molecule has 1 heterocycles. The molecule has 0 spiro atoms. The minimum atomic E-state index is -1.31. The lowest BCUT2D eigenvalue weighted by Crippen LogP contribution is -2.51. The molecule has 0 fully saturated rings. The summed E-state index contributed by atoms with van der Waals surface area (Å²) >= 11 is 0. The first-order valence-corrected chi connectivity index (χ1v) is 11.9. The molecular formula is C27H40N2O6. The van der Waals surface area contributed by atoms with Gasteiger partial charge in [0.05, 0.1) is 13.2 Å². The summed E-state index contributed by atoms with van der Waals surface area (Å²) in [5.41, 5.74) is -0.219. The number of aryl methyl sites for hydroxylation is 1. The Labute approximate surface area is 209 Å². The van der Waals surface area contributed by atoms with E-state index in [1.807, 2.05) is 32.0 Å². The Bertz CT molecular complexity index is 917. The van der Waals surface area contributed by atoms with Crippen molar-refractivity contribution in [2.45, 2.75) is 78.6 Å². The van der Waals surface area contributed by atoms with E-state index in [1.54, 1.807) is 6.92 Å². The molecule has 1 amide bonds. The zero-order chi connectivity index (χ0) is 26.4. The van der Waals surface area contributed by atoms with Crippen molar-refractivity contribution in [3.63, 3.8) is 0 Å². The van der Waals surface area contributed by atoms with E-state index in [1.165, 1.54) is 38.8 Å². The zero-order valence-electron chi connectivity index (χ0n) is 22.0. The Morgan fingerprint density at radius 1 is 1.14 bits per heavy atom. The number of hydrogen-bond donors (Lipinski definition) is 2. The molecule has 0 radical (unpaired) electrons. The molecule has 0 aliphatic heterocycles. The molecule has 2 unspecified atom stereocenters. The lowest BCUT2D eigenvalue weighted by molar-refractivity contribution is -0.156. The molecule has 35 heavy (non-hydrogen) atoms. The fraction of sp³-hybridized carbons (Fsp3) is 0.519. The van der Waals surface area contributed by atoms with Crippen LogP contribution in [0.5, 0.6) is 11.5 Å². The summed E-state index contributed by atoms with van der Waals surface area (Å²) in [6.07, 6.45) is 3.30. The molecule has 2 N–H and O–H groups in total. The molecule has 2 rings (SSSR count). The van der Waals surface area contributed by atoms with Crippen LogP contribution < -0.4 is 10.1 Å². The number of aromatic nitrogens is 1. The SMILES string of the molecule is CCCOC(CC)CC(C)OC(=O)C(C)(C)NC(=O)c1nccc(OC)c1O.Cc1ccccc1. The fourth-order valence-corrected chi connectivity index (χ4v) is 3.08. The predicted molar refractivity (Wildman–Crippen MR) is 136 cm³/mol. The highest BCUT2D eigenvalue weighted by molar-refractivity contribution is 5.98. The zero-order valence-corrected chi connectivity index (χ0v) is 22.0. The third-order valence-corrected chi connectivity index (χ3v) is 5.12. The third kappa shape index (κ3) is 10.3. The number of rotatable bonds is 11. The molecule has 1 aromatic carbocycles. The van der Waals surface area contributed by atoms with Crippen molar-refractivity contribution in [3.8, 4) is 11.5 Å². The second kappa shape index (κ2) is 15.0. The monoisotopic (exact) mass is 488 g/mol. The first-order valence-electron chi connectivity index (χ1n) is 11.9. The van der Waals surface area contributed by atoms with Crippen LogP contribution in [0.1, 0.15) is 69.9 Å². The second-order valence-electron chi connectivity index (χ2n) is 8.80. The van der Waals surface area contributed by atoms with Crippen LogP contribution in [0.3, 0.4) is 0 Å². The van der Waals surface area contributed by atoms with Crippen LogP contribution >= 0.6 is 0 Å². The first kappa shape index (κ1) is 29.9. The van der Waals surface area contributed by atoms with Crippen LogP contribution in [0.15, 0.2) is 42.6 Å². The van der Waals surface area contributed by atoms with Crippen LogP contribution in [0.2, 0.25) is 0 Å². The van der Waals surface area contributed by atoms with Crippen LogP contribution in [-0.4, -0.2) is 53.4 Å². The number of amides is 1. The van der Waals surface area contributed by atoms with E-state index >= 15 is 0 Å². The van der Waals surface area contributed by atoms with Gasteiger partial charge in [-0.3, -0.25) is 4.79 Å². The quantitative estimate of drug-likeness (QED) is 0.436. The van der Waals surface area contributed by atoms with E-state index in [0.29, 0.717) is 13.0 Å². The number of nitrogens with one attached hydrogen (secondary N) is 1. The minimum Gasteiger partial charge on any atom is -0.503 e. The van der Waals surface area contributed by atoms with Crippen molar-refractivity contribution in [1.82, 2.24) is 10.3 Å². The number of esters is 1. The Morgan fingerprint density at radius 3 is 2.31 bits per heavy atom. The topological polar surface area (TPSA) is 107 Å². The fourth-order valence-electron chi connectivity index (χ4n) is 3.08. The van der Waals surface area contributed by atoms with Crippen molar-refractivity contribution in [3.05, 3.63) is 53.9 Å². The molecule has 8 nitrogen and oxygen atoms in total. The van der Waals surface area contributed by atoms with Crippen LogP contribution in [0, 0.1) is 6.92 Å².